The van der Waals surface area contributed by atoms with E-state index in [1.165, 1.54) is 20.0 Å². The summed E-state index contributed by atoms with van der Waals surface area (Å²) < 4.78 is 16.1. The van der Waals surface area contributed by atoms with Gasteiger partial charge in [0.2, 0.25) is 0 Å². The first-order chi connectivity index (χ1) is 21.8. The lowest BCUT2D eigenvalue weighted by molar-refractivity contribution is -0.149. The Hall–Kier alpha value is -3.81. The highest BCUT2D eigenvalue weighted by Gasteiger charge is 2.14. The first-order valence-corrected chi connectivity index (χ1v) is 16.5. The van der Waals surface area contributed by atoms with Crippen LogP contribution in [0.4, 0.5) is 0 Å². The van der Waals surface area contributed by atoms with Crippen molar-refractivity contribution in [3.8, 4) is 11.5 Å². The van der Waals surface area contributed by atoms with E-state index in [0.717, 1.165) is 80.9 Å². The maximum atomic E-state index is 12.5. The smallest absolute Gasteiger partial charge is 0.310 e. The van der Waals surface area contributed by atoms with Gasteiger partial charge in [-0.3, -0.25) is 14.4 Å². The van der Waals surface area contributed by atoms with Gasteiger partial charge in [0, 0.05) is 19.4 Å². The number of phenolic OH excluding ortho intramolecular Hbond substituents is 1. The van der Waals surface area contributed by atoms with Gasteiger partial charge in [-0.15, -0.1) is 0 Å². The summed E-state index contributed by atoms with van der Waals surface area (Å²) >= 11 is 0. The summed E-state index contributed by atoms with van der Waals surface area (Å²) in [4.78, 5) is 36.6. The molecule has 45 heavy (non-hydrogen) atoms. The van der Waals surface area contributed by atoms with Crippen LogP contribution in [0.25, 0.3) is 0 Å². The van der Waals surface area contributed by atoms with Crippen LogP contribution in [0.1, 0.15) is 107 Å². The third-order valence-electron chi connectivity index (χ3n) is 7.66. The SMILES string of the molecule is CCCCCCC(C/C=C\CCCCCCCC(=O)OCC(=O)NCc1cc(OC)c(O)cc1C)OC(=O)Cc1ccccc1. The minimum absolute atomic E-state index is 0.0452. The highest BCUT2D eigenvalue weighted by Crippen LogP contribution is 2.29. The van der Waals surface area contributed by atoms with E-state index in [2.05, 4.69) is 24.4 Å². The molecule has 0 aliphatic heterocycles. The number of benzene rings is 2. The maximum Gasteiger partial charge on any atom is 0.310 e. The van der Waals surface area contributed by atoms with Gasteiger partial charge < -0.3 is 24.6 Å². The largest absolute Gasteiger partial charge is 0.504 e. The Balaban J connectivity index is 1.54. The number of amides is 1. The molecule has 2 rings (SSSR count). The molecule has 0 saturated carbocycles. The molecule has 0 fully saturated rings. The molecular weight excluding hydrogens is 570 g/mol. The van der Waals surface area contributed by atoms with Crippen molar-refractivity contribution in [3.63, 3.8) is 0 Å². The molecule has 1 atom stereocenters. The zero-order chi connectivity index (χ0) is 32.7. The highest BCUT2D eigenvalue weighted by atomic mass is 16.5. The molecular formula is C37H53NO7. The summed E-state index contributed by atoms with van der Waals surface area (Å²) in [5, 5.41) is 12.5. The van der Waals surface area contributed by atoms with Crippen molar-refractivity contribution in [1.82, 2.24) is 5.32 Å². The second kappa shape index (κ2) is 22.7. The van der Waals surface area contributed by atoms with Crippen LogP contribution in [0.2, 0.25) is 0 Å². The number of ether oxygens (including phenoxy) is 3. The van der Waals surface area contributed by atoms with E-state index in [-0.39, 0.29) is 42.9 Å². The van der Waals surface area contributed by atoms with Crippen LogP contribution >= 0.6 is 0 Å². The number of carbonyl (C=O) groups is 3. The predicted molar refractivity (Wildman–Crippen MR) is 177 cm³/mol. The second-order valence-electron chi connectivity index (χ2n) is 11.5. The molecule has 2 aromatic carbocycles. The molecule has 2 N–H and O–H groups in total. The Kier molecular flexibility index (Phi) is 18.8. The fraction of sp³-hybridized carbons (Fsp3) is 0.541. The van der Waals surface area contributed by atoms with Crippen LogP contribution in [0.3, 0.4) is 0 Å². The van der Waals surface area contributed by atoms with Crippen molar-refractivity contribution in [2.75, 3.05) is 13.7 Å². The monoisotopic (exact) mass is 623 g/mol. The zero-order valence-corrected chi connectivity index (χ0v) is 27.5. The molecule has 248 valence electrons. The normalized spacial score (nSPS) is 11.7. The third kappa shape index (κ3) is 16.7. The number of allylic oxidation sites excluding steroid dienone is 1. The molecule has 0 bridgehead atoms. The number of rotatable bonds is 23. The van der Waals surface area contributed by atoms with Crippen LogP contribution in [0, 0.1) is 6.92 Å². The summed E-state index contributed by atoms with van der Waals surface area (Å²) in [6, 6.07) is 13.0. The van der Waals surface area contributed by atoms with Gasteiger partial charge in [-0.25, -0.2) is 0 Å². The van der Waals surface area contributed by atoms with Gasteiger partial charge in [0.1, 0.15) is 6.10 Å². The van der Waals surface area contributed by atoms with E-state index in [4.69, 9.17) is 14.2 Å². The lowest BCUT2D eigenvalue weighted by atomic mass is 10.1. The molecule has 1 amide bonds. The minimum atomic E-state index is -0.379. The van der Waals surface area contributed by atoms with Gasteiger partial charge in [-0.2, -0.15) is 0 Å². The number of hydrogen-bond donors (Lipinski definition) is 2. The van der Waals surface area contributed by atoms with E-state index >= 15 is 0 Å². The quantitative estimate of drug-likeness (QED) is 0.0742. The number of carbonyl (C=O) groups excluding carboxylic acids is 3. The van der Waals surface area contributed by atoms with Gasteiger partial charge in [0.05, 0.1) is 13.5 Å². The zero-order valence-electron chi connectivity index (χ0n) is 27.5. The first kappa shape index (κ1) is 37.4. The van der Waals surface area contributed by atoms with Crippen LogP contribution < -0.4 is 10.1 Å². The Bertz CT molecular complexity index is 1180. The van der Waals surface area contributed by atoms with E-state index < -0.39 is 0 Å². The van der Waals surface area contributed by atoms with Gasteiger partial charge >= 0.3 is 11.9 Å². The molecule has 0 saturated heterocycles. The lowest BCUT2D eigenvalue weighted by Crippen LogP contribution is -2.28. The van der Waals surface area contributed by atoms with Gasteiger partial charge in [0.25, 0.3) is 5.91 Å². The number of methoxy groups -OCH3 is 1. The molecule has 0 radical (unpaired) electrons. The van der Waals surface area contributed by atoms with Crippen molar-refractivity contribution in [2.24, 2.45) is 0 Å². The Morgan fingerprint density at radius 3 is 2.40 bits per heavy atom. The average molecular weight is 624 g/mol. The Morgan fingerprint density at radius 2 is 1.64 bits per heavy atom. The van der Waals surface area contributed by atoms with E-state index in [0.29, 0.717) is 18.6 Å². The summed E-state index contributed by atoms with van der Waals surface area (Å²) in [5.41, 5.74) is 2.60. The number of esters is 2. The molecule has 0 aliphatic carbocycles. The molecule has 0 aromatic heterocycles. The summed E-state index contributed by atoms with van der Waals surface area (Å²) in [7, 11) is 1.47. The Morgan fingerprint density at radius 1 is 0.911 bits per heavy atom. The van der Waals surface area contributed by atoms with Crippen LogP contribution in [-0.4, -0.2) is 42.8 Å². The molecule has 8 nitrogen and oxygen atoms in total. The lowest BCUT2D eigenvalue weighted by Gasteiger charge is -2.16. The van der Waals surface area contributed by atoms with Crippen molar-refractivity contribution < 1.29 is 33.7 Å². The molecule has 8 heteroatoms. The van der Waals surface area contributed by atoms with E-state index in [1.807, 2.05) is 37.3 Å². The number of aromatic hydroxyl groups is 1. The first-order valence-electron chi connectivity index (χ1n) is 16.5. The topological polar surface area (TPSA) is 111 Å². The number of aryl methyl sites for hydroxylation is 1. The van der Waals surface area contributed by atoms with Crippen LogP contribution in [0.5, 0.6) is 11.5 Å². The maximum absolute atomic E-state index is 12.5. The number of nitrogens with one attached hydrogen (secondary N) is 1. The fourth-order valence-electron chi connectivity index (χ4n) is 4.97. The van der Waals surface area contributed by atoms with Gasteiger partial charge in [0.15, 0.2) is 18.1 Å². The van der Waals surface area contributed by atoms with Crippen molar-refractivity contribution in [3.05, 3.63) is 71.3 Å². The average Bonchev–Trinajstić information content (AvgIpc) is 3.02. The summed E-state index contributed by atoms with van der Waals surface area (Å²) in [6.07, 6.45) is 17.0. The van der Waals surface area contributed by atoms with Gasteiger partial charge in [-0.1, -0.05) is 87.9 Å². The Labute approximate surface area is 269 Å². The van der Waals surface area contributed by atoms with E-state index in [1.54, 1.807) is 12.1 Å². The van der Waals surface area contributed by atoms with Crippen LogP contribution in [-0.2, 0) is 36.8 Å². The molecule has 1 unspecified atom stereocenters. The summed E-state index contributed by atoms with van der Waals surface area (Å²) in [6.45, 7) is 3.96. The number of hydrogen-bond acceptors (Lipinski definition) is 7. The number of phenols is 1. The second-order valence-corrected chi connectivity index (χ2v) is 11.5. The molecule has 0 heterocycles. The predicted octanol–water partition coefficient (Wildman–Crippen LogP) is 7.67. The summed E-state index contributed by atoms with van der Waals surface area (Å²) in [5.74, 6) is -0.530. The fourth-order valence-corrected chi connectivity index (χ4v) is 4.97. The highest BCUT2D eigenvalue weighted by molar-refractivity contribution is 5.80. The standard InChI is InChI=1S/C37H53NO7/c1-4-5-6-16-21-32(45-37(42)25-30-19-14-13-15-20-30)22-17-11-9-7-8-10-12-18-23-36(41)44-28-35(40)38-27-31-26-34(43-3)33(39)24-29(31)2/h11,13-15,17,19-20,24,26,32,39H,4-10,12,16,18,21-23,25,27-28H2,1-3H3,(H,38,40)/b17-11-. The third-order valence-corrected chi connectivity index (χ3v) is 7.66. The van der Waals surface area contributed by atoms with Crippen molar-refractivity contribution in [1.29, 1.82) is 0 Å². The minimum Gasteiger partial charge on any atom is -0.504 e. The van der Waals surface area contributed by atoms with Crippen molar-refractivity contribution in [2.45, 2.75) is 116 Å². The molecule has 0 aliphatic rings. The van der Waals surface area contributed by atoms with E-state index in [9.17, 15) is 19.5 Å². The van der Waals surface area contributed by atoms with Gasteiger partial charge in [-0.05, 0) is 67.9 Å². The van der Waals surface area contributed by atoms with Crippen molar-refractivity contribution >= 4 is 17.8 Å². The molecule has 0 spiro atoms. The number of unbranched alkanes of at least 4 members (excludes halogenated alkanes) is 8. The van der Waals surface area contributed by atoms with Crippen LogP contribution in [0.15, 0.2) is 54.6 Å². The molecule has 2 aromatic rings.